The Labute approximate surface area is 168 Å². The third-order valence-corrected chi connectivity index (χ3v) is 4.80. The van der Waals surface area contributed by atoms with Crippen LogP contribution in [-0.2, 0) is 0 Å². The average Bonchev–Trinajstić information content (AvgIpc) is 3.24. The topological polar surface area (TPSA) is 70.2 Å². The summed E-state index contributed by atoms with van der Waals surface area (Å²) in [5.74, 6) is 0.0461. The first kappa shape index (κ1) is 18.3. The maximum atomic E-state index is 12.6. The zero-order valence-electron chi connectivity index (χ0n) is 15.2. The number of carbonyl (C=O) groups is 1. The lowest BCUT2D eigenvalue weighted by Gasteiger charge is -2.17. The summed E-state index contributed by atoms with van der Waals surface area (Å²) >= 11 is 5.99. The van der Waals surface area contributed by atoms with Crippen LogP contribution in [0, 0.1) is 0 Å². The number of benzene rings is 2. The Morgan fingerprint density at radius 3 is 2.54 bits per heavy atom. The van der Waals surface area contributed by atoms with Gasteiger partial charge in [-0.2, -0.15) is 0 Å². The third kappa shape index (κ3) is 4.40. The third-order valence-electron chi connectivity index (χ3n) is 4.57. The lowest BCUT2D eigenvalue weighted by atomic mass is 10.2. The van der Waals surface area contributed by atoms with Crippen molar-refractivity contribution in [2.75, 3.05) is 28.6 Å². The molecule has 1 aliphatic rings. The van der Waals surface area contributed by atoms with E-state index in [9.17, 15) is 4.79 Å². The van der Waals surface area contributed by atoms with Crippen molar-refractivity contribution in [1.82, 2.24) is 9.97 Å². The van der Waals surface area contributed by atoms with Gasteiger partial charge >= 0.3 is 0 Å². The van der Waals surface area contributed by atoms with E-state index in [1.54, 1.807) is 24.4 Å². The lowest BCUT2D eigenvalue weighted by molar-refractivity contribution is 0.102. The normalized spacial score (nSPS) is 13.4. The van der Waals surface area contributed by atoms with Gasteiger partial charge in [-0.15, -0.1) is 0 Å². The summed E-state index contributed by atoms with van der Waals surface area (Å²) in [7, 11) is 0. The predicted molar refractivity (Wildman–Crippen MR) is 113 cm³/mol. The average molecular weight is 394 g/mol. The van der Waals surface area contributed by atoms with Gasteiger partial charge in [0.1, 0.15) is 5.69 Å². The molecule has 2 aromatic carbocycles. The molecule has 28 heavy (non-hydrogen) atoms. The van der Waals surface area contributed by atoms with Gasteiger partial charge in [0, 0.05) is 41.4 Å². The summed E-state index contributed by atoms with van der Waals surface area (Å²) in [5, 5.41) is 6.54. The second kappa shape index (κ2) is 8.27. The maximum absolute atomic E-state index is 12.6. The fraction of sp³-hybridized carbons (Fsp3) is 0.190. The highest BCUT2D eigenvalue weighted by Crippen LogP contribution is 2.22. The van der Waals surface area contributed by atoms with Crippen LogP contribution in [0.2, 0.25) is 5.02 Å². The van der Waals surface area contributed by atoms with Gasteiger partial charge in [-0.1, -0.05) is 17.7 Å². The van der Waals surface area contributed by atoms with Crippen LogP contribution in [-0.4, -0.2) is 29.0 Å². The number of nitrogens with one attached hydrogen (secondary N) is 2. The molecule has 0 bridgehead atoms. The van der Waals surface area contributed by atoms with Crippen molar-refractivity contribution in [3.05, 3.63) is 71.5 Å². The van der Waals surface area contributed by atoms with Crippen LogP contribution in [0.1, 0.15) is 23.3 Å². The van der Waals surface area contributed by atoms with E-state index in [0.717, 1.165) is 24.5 Å². The smallest absolute Gasteiger partial charge is 0.274 e. The number of halogens is 1. The monoisotopic (exact) mass is 393 g/mol. The van der Waals surface area contributed by atoms with Crippen molar-refractivity contribution in [1.29, 1.82) is 0 Å². The highest BCUT2D eigenvalue weighted by molar-refractivity contribution is 6.30. The number of amides is 1. The minimum atomic E-state index is -0.287. The lowest BCUT2D eigenvalue weighted by Crippen LogP contribution is -2.18. The van der Waals surface area contributed by atoms with E-state index in [-0.39, 0.29) is 11.6 Å². The highest BCUT2D eigenvalue weighted by atomic mass is 35.5. The van der Waals surface area contributed by atoms with E-state index in [2.05, 4.69) is 25.5 Å². The van der Waals surface area contributed by atoms with Crippen molar-refractivity contribution in [3.8, 4) is 0 Å². The predicted octanol–water partition coefficient (Wildman–Crippen LogP) is 4.73. The van der Waals surface area contributed by atoms with Gasteiger partial charge in [0.25, 0.3) is 5.91 Å². The van der Waals surface area contributed by atoms with Gasteiger partial charge in [0.15, 0.2) is 0 Å². The SMILES string of the molecule is O=C(Nc1ccc(N2CCCC2)cc1)c1ccnc(Nc2cccc(Cl)c2)n1. The summed E-state index contributed by atoms with van der Waals surface area (Å²) in [4.78, 5) is 23.4. The number of anilines is 4. The van der Waals surface area contributed by atoms with E-state index >= 15 is 0 Å². The quantitative estimate of drug-likeness (QED) is 0.656. The molecule has 6 nitrogen and oxygen atoms in total. The second-order valence-electron chi connectivity index (χ2n) is 6.60. The number of hydrogen-bond acceptors (Lipinski definition) is 5. The number of hydrogen-bond donors (Lipinski definition) is 2. The number of carbonyl (C=O) groups excluding carboxylic acids is 1. The summed E-state index contributed by atoms with van der Waals surface area (Å²) in [6, 6.07) is 16.7. The Morgan fingerprint density at radius 1 is 1.00 bits per heavy atom. The molecular formula is C21H20ClN5O. The minimum Gasteiger partial charge on any atom is -0.372 e. The van der Waals surface area contributed by atoms with Gasteiger partial charge in [-0.25, -0.2) is 9.97 Å². The Bertz CT molecular complexity index is 971. The van der Waals surface area contributed by atoms with E-state index in [0.29, 0.717) is 11.0 Å². The first-order chi connectivity index (χ1) is 13.7. The van der Waals surface area contributed by atoms with E-state index in [4.69, 9.17) is 11.6 Å². The molecule has 2 N–H and O–H groups in total. The molecule has 0 aliphatic carbocycles. The standard InChI is InChI=1S/C21H20ClN5O/c22-15-4-3-5-17(14-15)25-21-23-11-10-19(26-21)20(28)24-16-6-8-18(9-7-16)27-12-1-2-13-27/h3-11,14H,1-2,12-13H2,(H,24,28)(H,23,25,26). The van der Waals surface area contributed by atoms with Crippen LogP contribution in [0.5, 0.6) is 0 Å². The summed E-state index contributed by atoms with van der Waals surface area (Å²) in [5.41, 5.74) is 2.95. The fourth-order valence-corrected chi connectivity index (χ4v) is 3.36. The zero-order chi connectivity index (χ0) is 19.3. The molecule has 1 aromatic heterocycles. The Hall–Kier alpha value is -3.12. The van der Waals surface area contributed by atoms with Crippen LogP contribution >= 0.6 is 11.6 Å². The molecule has 0 atom stereocenters. The van der Waals surface area contributed by atoms with Gasteiger partial charge in [0.05, 0.1) is 0 Å². The molecule has 0 spiro atoms. The molecule has 0 radical (unpaired) electrons. The van der Waals surface area contributed by atoms with Crippen LogP contribution in [0.4, 0.5) is 23.0 Å². The summed E-state index contributed by atoms with van der Waals surface area (Å²) < 4.78 is 0. The van der Waals surface area contributed by atoms with Crippen molar-refractivity contribution >= 4 is 40.5 Å². The fourth-order valence-electron chi connectivity index (χ4n) is 3.17. The highest BCUT2D eigenvalue weighted by Gasteiger charge is 2.13. The molecule has 0 saturated carbocycles. The number of nitrogens with zero attached hydrogens (tertiary/aromatic N) is 3. The van der Waals surface area contributed by atoms with Gasteiger partial charge in [0.2, 0.25) is 5.95 Å². The zero-order valence-corrected chi connectivity index (χ0v) is 16.0. The first-order valence-electron chi connectivity index (χ1n) is 9.19. The Morgan fingerprint density at radius 2 is 1.79 bits per heavy atom. The molecule has 2 heterocycles. The van der Waals surface area contributed by atoms with Crippen LogP contribution in [0.15, 0.2) is 60.8 Å². The van der Waals surface area contributed by atoms with Crippen molar-refractivity contribution < 1.29 is 4.79 Å². The van der Waals surface area contributed by atoms with Crippen molar-refractivity contribution in [3.63, 3.8) is 0 Å². The first-order valence-corrected chi connectivity index (χ1v) is 9.57. The molecular weight excluding hydrogens is 374 g/mol. The van der Waals surface area contributed by atoms with Crippen LogP contribution < -0.4 is 15.5 Å². The molecule has 1 aliphatic heterocycles. The van der Waals surface area contributed by atoms with E-state index in [1.165, 1.54) is 18.5 Å². The van der Waals surface area contributed by atoms with Crippen molar-refractivity contribution in [2.45, 2.75) is 12.8 Å². The summed E-state index contributed by atoms with van der Waals surface area (Å²) in [6.07, 6.45) is 4.01. The molecule has 7 heteroatoms. The Kier molecular flexibility index (Phi) is 5.39. The van der Waals surface area contributed by atoms with Gasteiger partial charge in [-0.05, 0) is 61.4 Å². The van der Waals surface area contributed by atoms with E-state index < -0.39 is 0 Å². The molecule has 142 valence electrons. The van der Waals surface area contributed by atoms with Gasteiger partial charge < -0.3 is 15.5 Å². The van der Waals surface area contributed by atoms with Crippen molar-refractivity contribution in [2.24, 2.45) is 0 Å². The molecule has 0 unspecified atom stereocenters. The number of rotatable bonds is 5. The molecule has 1 fully saturated rings. The van der Waals surface area contributed by atoms with E-state index in [1.807, 2.05) is 36.4 Å². The molecule has 1 amide bonds. The van der Waals surface area contributed by atoms with Crippen LogP contribution in [0.25, 0.3) is 0 Å². The number of aromatic nitrogens is 2. The molecule has 1 saturated heterocycles. The Balaban J connectivity index is 1.43. The largest absolute Gasteiger partial charge is 0.372 e. The molecule has 3 aromatic rings. The minimum absolute atomic E-state index is 0.281. The molecule has 4 rings (SSSR count). The summed E-state index contributed by atoms with van der Waals surface area (Å²) in [6.45, 7) is 2.18. The van der Waals surface area contributed by atoms with Gasteiger partial charge in [-0.3, -0.25) is 4.79 Å². The maximum Gasteiger partial charge on any atom is 0.274 e. The second-order valence-corrected chi connectivity index (χ2v) is 7.03. The van der Waals surface area contributed by atoms with Crippen LogP contribution in [0.3, 0.4) is 0 Å².